The predicted molar refractivity (Wildman–Crippen MR) is 84.8 cm³/mol. The Balaban J connectivity index is 2.79. The van der Waals surface area contributed by atoms with Crippen molar-refractivity contribution < 1.29 is 8.42 Å². The molecular weight excluding hydrogens is 296 g/mol. The van der Waals surface area contributed by atoms with Gasteiger partial charge in [-0.3, -0.25) is 0 Å². The van der Waals surface area contributed by atoms with Crippen LogP contribution >= 0.6 is 33.1 Å². The Labute approximate surface area is 107 Å². The van der Waals surface area contributed by atoms with Crippen LogP contribution in [0.4, 0.5) is 0 Å². The second-order valence-electron chi connectivity index (χ2n) is 4.29. The van der Waals surface area contributed by atoms with Crippen molar-refractivity contribution in [1.82, 2.24) is 0 Å². The molecule has 0 amide bonds. The Hall–Kier alpha value is 1.67. The minimum absolute atomic E-state index is 0.0436. The molecule has 96 valence electrons. The van der Waals surface area contributed by atoms with E-state index in [1.54, 1.807) is 0 Å². The number of unbranched alkanes of at least 4 members (excludes halogenated alkanes) is 1. The molecule has 0 aromatic carbocycles. The van der Waals surface area contributed by atoms with E-state index in [1.165, 1.54) is 0 Å². The first-order chi connectivity index (χ1) is 7.53. The summed E-state index contributed by atoms with van der Waals surface area (Å²) in [6, 6.07) is 0. The molecule has 1 heterocycles. The lowest BCUT2D eigenvalue weighted by atomic mass is 10.1. The Kier molecular flexibility index (Phi) is 7.18. The summed E-state index contributed by atoms with van der Waals surface area (Å²) in [4.78, 5) is 0. The van der Waals surface area contributed by atoms with Crippen molar-refractivity contribution in [3.8, 4) is 0 Å². The molecule has 0 spiro atoms. The maximum absolute atomic E-state index is 12.1. The average molecular weight is 318 g/mol. The molecule has 0 aromatic heterocycles. The van der Waals surface area contributed by atoms with E-state index in [9.17, 15) is 8.42 Å². The zero-order valence-electron chi connectivity index (χ0n) is 9.72. The van der Waals surface area contributed by atoms with E-state index in [4.69, 9.17) is 0 Å². The summed E-state index contributed by atoms with van der Waals surface area (Å²) in [5.74, 6) is 0.422. The normalized spacial score (nSPS) is 31.9. The van der Waals surface area contributed by atoms with E-state index >= 15 is 0 Å². The highest BCUT2D eigenvalue weighted by Gasteiger charge is 2.38. The molecule has 2 nitrogen and oxygen atoms in total. The van der Waals surface area contributed by atoms with Crippen LogP contribution in [0.1, 0.15) is 39.0 Å². The molecule has 16 heavy (non-hydrogen) atoms. The first-order valence-electron chi connectivity index (χ1n) is 5.74. The van der Waals surface area contributed by atoms with E-state index < -0.39 is 9.84 Å². The van der Waals surface area contributed by atoms with E-state index in [1.807, 2.05) is 0 Å². The van der Waals surface area contributed by atoms with E-state index in [0.29, 0.717) is 11.4 Å². The molecule has 1 aliphatic heterocycles. The van der Waals surface area contributed by atoms with Gasteiger partial charge in [-0.1, -0.05) is 35.0 Å². The monoisotopic (exact) mass is 318 g/mol. The quantitative estimate of drug-likeness (QED) is 0.723. The lowest BCUT2D eigenvalue weighted by Crippen LogP contribution is -2.38. The summed E-state index contributed by atoms with van der Waals surface area (Å²) in [5, 5.41) is -0.0436. The summed E-state index contributed by atoms with van der Waals surface area (Å²) in [6.07, 6.45) is 5.01. The average Bonchev–Trinajstić information content (AvgIpc) is 2.25. The molecule has 1 aliphatic rings. The summed E-state index contributed by atoms with van der Waals surface area (Å²) >= 11 is 0. The molecule has 0 N–H and O–H groups in total. The molecule has 1 rings (SSSR count). The van der Waals surface area contributed by atoms with Crippen molar-refractivity contribution in [3.05, 3.63) is 0 Å². The Morgan fingerprint density at radius 1 is 1.50 bits per heavy atom. The SMILES string of the molecule is CCCC[C@@H]1[C@H](P(P)PP)CCCS1(=O)=O. The lowest BCUT2D eigenvalue weighted by molar-refractivity contribution is 0.524. The van der Waals surface area contributed by atoms with Gasteiger partial charge in [-0.05, 0) is 19.3 Å². The van der Waals surface area contributed by atoms with Gasteiger partial charge in [0.1, 0.15) is 0 Å². The van der Waals surface area contributed by atoms with Gasteiger partial charge in [-0.2, -0.15) is 0 Å². The molecule has 0 saturated carbocycles. The molecule has 1 fully saturated rings. The number of rotatable bonds is 5. The summed E-state index contributed by atoms with van der Waals surface area (Å²) in [7, 11) is 3.53. The molecule has 0 aliphatic carbocycles. The standard InChI is InChI=1S/C9H22O2P4S/c1-2-3-6-9-8(15(13)14-12)5-4-7-16(9,10)11/h8-9,14H,2-7,12-13H2,1H3/t8-,9-,15?/m1/s1. The molecule has 0 aromatic rings. The summed E-state index contributed by atoms with van der Waals surface area (Å²) in [5.41, 5.74) is 0.432. The van der Waals surface area contributed by atoms with Crippen molar-refractivity contribution in [2.45, 2.75) is 49.9 Å². The van der Waals surface area contributed by atoms with E-state index in [2.05, 4.69) is 24.8 Å². The van der Waals surface area contributed by atoms with Crippen LogP contribution in [0.3, 0.4) is 0 Å². The minimum Gasteiger partial charge on any atom is -0.229 e. The third kappa shape index (κ3) is 4.10. The predicted octanol–water partition coefficient (Wildman–Crippen LogP) is 3.78. The fourth-order valence-corrected chi connectivity index (χ4v) is 11.4. The van der Waals surface area contributed by atoms with Crippen LogP contribution < -0.4 is 0 Å². The minimum atomic E-state index is -2.80. The highest BCUT2D eigenvalue weighted by Crippen LogP contribution is 2.71. The number of sulfone groups is 1. The van der Waals surface area contributed by atoms with Crippen molar-refractivity contribution in [1.29, 1.82) is 0 Å². The molecular formula is C9H22O2P4S. The molecule has 0 radical (unpaired) electrons. The van der Waals surface area contributed by atoms with Crippen molar-refractivity contribution in [2.24, 2.45) is 0 Å². The first kappa shape index (κ1) is 15.7. The van der Waals surface area contributed by atoms with E-state index in [-0.39, 0.29) is 12.5 Å². The summed E-state index contributed by atoms with van der Waals surface area (Å²) < 4.78 is 24.2. The topological polar surface area (TPSA) is 34.1 Å². The number of hydrogen-bond acceptors (Lipinski definition) is 2. The number of hydrogen-bond donors (Lipinski definition) is 0. The van der Waals surface area contributed by atoms with Crippen LogP contribution in [-0.4, -0.2) is 25.1 Å². The van der Waals surface area contributed by atoms with Crippen molar-refractivity contribution in [2.75, 3.05) is 5.75 Å². The molecule has 6 atom stereocenters. The van der Waals surface area contributed by atoms with Crippen LogP contribution in [0, 0.1) is 0 Å². The molecule has 7 heteroatoms. The zero-order valence-corrected chi connectivity index (χ0v) is 14.7. The van der Waals surface area contributed by atoms with Gasteiger partial charge in [-0.15, -0.1) is 17.9 Å². The maximum atomic E-state index is 12.1. The second-order valence-corrected chi connectivity index (χ2v) is 16.2. The fourth-order valence-electron chi connectivity index (χ4n) is 2.26. The van der Waals surface area contributed by atoms with Crippen molar-refractivity contribution in [3.63, 3.8) is 0 Å². The van der Waals surface area contributed by atoms with Crippen LogP contribution in [-0.2, 0) is 9.84 Å². The third-order valence-corrected chi connectivity index (χ3v) is 17.1. The molecule has 1 saturated heterocycles. The molecule has 4 unspecified atom stereocenters. The Morgan fingerprint density at radius 3 is 2.75 bits per heavy atom. The fraction of sp³-hybridized carbons (Fsp3) is 1.00. The van der Waals surface area contributed by atoms with Gasteiger partial charge in [0.25, 0.3) is 0 Å². The van der Waals surface area contributed by atoms with Gasteiger partial charge < -0.3 is 0 Å². The van der Waals surface area contributed by atoms with Gasteiger partial charge >= 0.3 is 0 Å². The smallest absolute Gasteiger partial charge is 0.153 e. The highest BCUT2D eigenvalue weighted by atomic mass is 32.6. The summed E-state index contributed by atoms with van der Waals surface area (Å²) in [6.45, 7) is 2.13. The Bertz CT molecular complexity index is 307. The maximum Gasteiger partial charge on any atom is 0.153 e. The van der Waals surface area contributed by atoms with Gasteiger partial charge in [0.05, 0.1) is 11.0 Å². The molecule has 0 bridgehead atoms. The first-order valence-corrected chi connectivity index (χ1v) is 14.1. The van der Waals surface area contributed by atoms with Crippen LogP contribution in [0.25, 0.3) is 0 Å². The van der Waals surface area contributed by atoms with Crippen LogP contribution in [0.5, 0.6) is 0 Å². The van der Waals surface area contributed by atoms with Crippen LogP contribution in [0.15, 0.2) is 0 Å². The van der Waals surface area contributed by atoms with Gasteiger partial charge in [-0.25, -0.2) is 8.42 Å². The van der Waals surface area contributed by atoms with E-state index in [0.717, 1.165) is 40.1 Å². The van der Waals surface area contributed by atoms with Gasteiger partial charge in [0, 0.05) is 5.66 Å². The lowest BCUT2D eigenvalue weighted by Gasteiger charge is -2.34. The van der Waals surface area contributed by atoms with Crippen LogP contribution in [0.2, 0.25) is 0 Å². The van der Waals surface area contributed by atoms with Crippen molar-refractivity contribution >= 4 is 43.0 Å². The van der Waals surface area contributed by atoms with Gasteiger partial charge in [0.15, 0.2) is 9.84 Å². The highest BCUT2D eigenvalue weighted by molar-refractivity contribution is 8.61. The second kappa shape index (κ2) is 7.31. The van der Waals surface area contributed by atoms with Gasteiger partial charge in [0.2, 0.25) is 0 Å². The Morgan fingerprint density at radius 2 is 2.19 bits per heavy atom. The third-order valence-electron chi connectivity index (χ3n) is 3.17. The largest absolute Gasteiger partial charge is 0.229 e. The zero-order chi connectivity index (χ0) is 12.2.